The second-order valence-corrected chi connectivity index (χ2v) is 6.34. The van der Waals surface area contributed by atoms with Gasteiger partial charge in [-0.3, -0.25) is 9.78 Å². The number of aromatic nitrogens is 2. The van der Waals surface area contributed by atoms with Gasteiger partial charge in [-0.25, -0.2) is 0 Å². The molecule has 0 unspecified atom stereocenters. The van der Waals surface area contributed by atoms with Gasteiger partial charge in [-0.15, -0.1) is 0 Å². The molecule has 0 aliphatic heterocycles. The zero-order valence-corrected chi connectivity index (χ0v) is 14.9. The van der Waals surface area contributed by atoms with Crippen LogP contribution in [0.5, 0.6) is 0 Å². The largest absolute Gasteiger partial charge is 0.318 e. The first-order valence-electron chi connectivity index (χ1n) is 8.45. The van der Waals surface area contributed by atoms with Crippen LogP contribution in [0.25, 0.3) is 5.69 Å². The molecule has 0 spiro atoms. The standard InChI is InChI=1S/C21H23N3O/c1-15-6-8-19(9-7-15)24-16(2)11-20(17(24)3)21(25)14-23-13-18-5-4-10-22-12-18/h4-12,23H,13-14H2,1-3H3. The third-order valence-electron chi connectivity index (χ3n) is 4.36. The van der Waals surface area contributed by atoms with Crippen LogP contribution in [0.15, 0.2) is 54.9 Å². The first kappa shape index (κ1) is 17.1. The number of benzene rings is 1. The van der Waals surface area contributed by atoms with Crippen molar-refractivity contribution in [3.05, 3.63) is 82.9 Å². The number of hydrogen-bond acceptors (Lipinski definition) is 3. The third-order valence-corrected chi connectivity index (χ3v) is 4.36. The number of hydrogen-bond donors (Lipinski definition) is 1. The average Bonchev–Trinajstić information content (AvgIpc) is 2.91. The molecule has 0 bridgehead atoms. The number of carbonyl (C=O) groups excluding carboxylic acids is 1. The Morgan fingerprint density at radius 2 is 1.88 bits per heavy atom. The summed E-state index contributed by atoms with van der Waals surface area (Å²) in [5, 5.41) is 3.20. The second-order valence-electron chi connectivity index (χ2n) is 6.34. The molecule has 3 aromatic rings. The summed E-state index contributed by atoms with van der Waals surface area (Å²) in [6, 6.07) is 14.2. The molecule has 0 fully saturated rings. The van der Waals surface area contributed by atoms with Gasteiger partial charge in [-0.2, -0.15) is 0 Å². The van der Waals surface area contributed by atoms with Gasteiger partial charge < -0.3 is 9.88 Å². The Morgan fingerprint density at radius 1 is 1.12 bits per heavy atom. The van der Waals surface area contributed by atoms with E-state index in [1.807, 2.05) is 32.0 Å². The second kappa shape index (κ2) is 7.45. The first-order chi connectivity index (χ1) is 12.1. The van der Waals surface area contributed by atoms with Crippen molar-refractivity contribution in [2.24, 2.45) is 0 Å². The molecule has 1 aromatic carbocycles. The lowest BCUT2D eigenvalue weighted by Gasteiger charge is -2.10. The summed E-state index contributed by atoms with van der Waals surface area (Å²) in [6.07, 6.45) is 3.55. The average molecular weight is 333 g/mol. The Kier molecular flexibility index (Phi) is 5.10. The summed E-state index contributed by atoms with van der Waals surface area (Å²) < 4.78 is 2.13. The number of aryl methyl sites for hydroxylation is 2. The predicted octanol–water partition coefficient (Wildman–Crippen LogP) is 3.77. The summed E-state index contributed by atoms with van der Waals surface area (Å²) in [7, 11) is 0. The molecule has 128 valence electrons. The van der Waals surface area contributed by atoms with E-state index in [2.05, 4.69) is 46.1 Å². The Labute approximate surface area is 148 Å². The van der Waals surface area contributed by atoms with Gasteiger partial charge in [-0.05, 0) is 50.6 Å². The van der Waals surface area contributed by atoms with Gasteiger partial charge in [0.1, 0.15) is 0 Å². The van der Waals surface area contributed by atoms with Crippen molar-refractivity contribution < 1.29 is 4.79 Å². The van der Waals surface area contributed by atoms with Gasteiger partial charge in [0.2, 0.25) is 0 Å². The summed E-state index contributed by atoms with van der Waals surface area (Å²) in [5.41, 5.74) is 6.20. The van der Waals surface area contributed by atoms with Crippen LogP contribution in [0.1, 0.15) is 32.9 Å². The van der Waals surface area contributed by atoms with Crippen LogP contribution >= 0.6 is 0 Å². The molecule has 0 aliphatic carbocycles. The van der Waals surface area contributed by atoms with E-state index in [-0.39, 0.29) is 5.78 Å². The van der Waals surface area contributed by atoms with E-state index in [1.54, 1.807) is 12.4 Å². The molecule has 0 atom stereocenters. The van der Waals surface area contributed by atoms with E-state index in [0.29, 0.717) is 13.1 Å². The van der Waals surface area contributed by atoms with Gasteiger partial charge in [-0.1, -0.05) is 23.8 Å². The lowest BCUT2D eigenvalue weighted by atomic mass is 10.1. The molecule has 1 N–H and O–H groups in total. The molecule has 0 radical (unpaired) electrons. The first-order valence-corrected chi connectivity index (χ1v) is 8.45. The molecule has 2 heterocycles. The molecule has 2 aromatic heterocycles. The van der Waals surface area contributed by atoms with Crippen molar-refractivity contribution in [2.45, 2.75) is 27.3 Å². The maximum atomic E-state index is 12.6. The van der Waals surface area contributed by atoms with Crippen molar-refractivity contribution in [3.8, 4) is 5.69 Å². The third kappa shape index (κ3) is 3.86. The van der Waals surface area contributed by atoms with Crippen molar-refractivity contribution in [1.29, 1.82) is 0 Å². The highest BCUT2D eigenvalue weighted by Crippen LogP contribution is 2.21. The number of nitrogens with one attached hydrogen (secondary N) is 1. The van der Waals surface area contributed by atoms with Gasteiger partial charge in [0.25, 0.3) is 0 Å². The summed E-state index contributed by atoms with van der Waals surface area (Å²) in [4.78, 5) is 16.7. The Bertz CT molecular complexity index is 864. The number of pyridine rings is 1. The summed E-state index contributed by atoms with van der Waals surface area (Å²) in [5.74, 6) is 0.107. The van der Waals surface area contributed by atoms with Gasteiger partial charge in [0.05, 0.1) is 6.54 Å². The molecule has 4 nitrogen and oxygen atoms in total. The fraction of sp³-hybridized carbons (Fsp3) is 0.238. The zero-order valence-electron chi connectivity index (χ0n) is 14.9. The minimum absolute atomic E-state index is 0.107. The summed E-state index contributed by atoms with van der Waals surface area (Å²) >= 11 is 0. The van der Waals surface area contributed by atoms with Gasteiger partial charge in [0, 0.05) is 41.6 Å². The van der Waals surface area contributed by atoms with Crippen LogP contribution in [-0.2, 0) is 6.54 Å². The molecule has 0 saturated heterocycles. The fourth-order valence-corrected chi connectivity index (χ4v) is 3.05. The van der Waals surface area contributed by atoms with Crippen molar-refractivity contribution in [3.63, 3.8) is 0 Å². The monoisotopic (exact) mass is 333 g/mol. The predicted molar refractivity (Wildman–Crippen MR) is 100 cm³/mol. The van der Waals surface area contributed by atoms with Crippen molar-refractivity contribution in [1.82, 2.24) is 14.9 Å². The Morgan fingerprint density at radius 3 is 2.56 bits per heavy atom. The minimum Gasteiger partial charge on any atom is -0.318 e. The lowest BCUT2D eigenvalue weighted by molar-refractivity contribution is 0.0990. The lowest BCUT2D eigenvalue weighted by Crippen LogP contribution is -2.23. The smallest absolute Gasteiger partial charge is 0.178 e. The van der Waals surface area contributed by atoms with E-state index < -0.39 is 0 Å². The van der Waals surface area contributed by atoms with E-state index >= 15 is 0 Å². The topological polar surface area (TPSA) is 46.9 Å². The number of ketones is 1. The van der Waals surface area contributed by atoms with E-state index in [0.717, 1.165) is 28.2 Å². The maximum absolute atomic E-state index is 12.6. The van der Waals surface area contributed by atoms with Crippen LogP contribution in [0, 0.1) is 20.8 Å². The fourth-order valence-electron chi connectivity index (χ4n) is 3.05. The molecule has 0 amide bonds. The van der Waals surface area contributed by atoms with E-state index in [9.17, 15) is 4.79 Å². The van der Waals surface area contributed by atoms with Crippen LogP contribution in [0.3, 0.4) is 0 Å². The van der Waals surface area contributed by atoms with Crippen molar-refractivity contribution in [2.75, 3.05) is 6.54 Å². The van der Waals surface area contributed by atoms with Crippen molar-refractivity contribution >= 4 is 5.78 Å². The van der Waals surface area contributed by atoms with E-state index in [4.69, 9.17) is 0 Å². The number of nitrogens with zero attached hydrogens (tertiary/aromatic N) is 2. The van der Waals surface area contributed by atoms with E-state index in [1.165, 1.54) is 5.56 Å². The highest BCUT2D eigenvalue weighted by atomic mass is 16.1. The Balaban J connectivity index is 1.73. The number of rotatable bonds is 6. The Hall–Kier alpha value is -2.72. The molecule has 25 heavy (non-hydrogen) atoms. The van der Waals surface area contributed by atoms with Crippen LogP contribution in [0.2, 0.25) is 0 Å². The van der Waals surface area contributed by atoms with Crippen LogP contribution in [0.4, 0.5) is 0 Å². The zero-order chi connectivity index (χ0) is 17.8. The SMILES string of the molecule is Cc1ccc(-n2c(C)cc(C(=O)CNCc3cccnc3)c2C)cc1. The molecule has 3 rings (SSSR count). The number of carbonyl (C=O) groups is 1. The number of Topliss-reactive ketones (excluding diaryl/α,β-unsaturated/α-hetero) is 1. The molecule has 4 heteroatoms. The highest BCUT2D eigenvalue weighted by Gasteiger charge is 2.16. The molecule has 0 aliphatic rings. The van der Waals surface area contributed by atoms with Gasteiger partial charge in [0.15, 0.2) is 5.78 Å². The van der Waals surface area contributed by atoms with Gasteiger partial charge >= 0.3 is 0 Å². The quantitative estimate of drug-likeness (QED) is 0.699. The maximum Gasteiger partial charge on any atom is 0.178 e. The minimum atomic E-state index is 0.107. The highest BCUT2D eigenvalue weighted by molar-refractivity contribution is 5.99. The molecule has 0 saturated carbocycles. The summed E-state index contributed by atoms with van der Waals surface area (Å²) in [6.45, 7) is 7.05. The molecular formula is C21H23N3O. The normalized spacial score (nSPS) is 10.8. The molecular weight excluding hydrogens is 310 g/mol. The van der Waals surface area contributed by atoms with Crippen LogP contribution < -0.4 is 5.32 Å². The van der Waals surface area contributed by atoms with Crippen LogP contribution in [-0.4, -0.2) is 21.9 Å².